The molecule has 0 fully saturated rings. The average Bonchev–Trinajstić information content (AvgIpc) is 2.45. The normalized spacial score (nSPS) is 10.7. The molecule has 0 unspecified atom stereocenters. The molecule has 1 amide bonds. The first-order valence-corrected chi connectivity index (χ1v) is 6.86. The van der Waals surface area contributed by atoms with Crippen LogP contribution in [0.2, 0.25) is 0 Å². The van der Waals surface area contributed by atoms with Crippen LogP contribution in [-0.2, 0) is 16.1 Å². The van der Waals surface area contributed by atoms with Gasteiger partial charge >= 0.3 is 0 Å². The molecule has 4 heteroatoms. The van der Waals surface area contributed by atoms with E-state index in [-0.39, 0.29) is 12.5 Å². The number of nitrogens with zero attached hydrogens (tertiary/aromatic N) is 1. The Kier molecular flexibility index (Phi) is 6.41. The van der Waals surface area contributed by atoms with Crippen molar-refractivity contribution < 1.29 is 14.6 Å². The molecule has 0 saturated carbocycles. The van der Waals surface area contributed by atoms with Crippen molar-refractivity contribution in [1.29, 1.82) is 0 Å². The molecule has 4 nitrogen and oxygen atoms in total. The van der Waals surface area contributed by atoms with Crippen LogP contribution in [0.1, 0.15) is 31.4 Å². The predicted octanol–water partition coefficient (Wildman–Crippen LogP) is 1.80. The fourth-order valence-corrected chi connectivity index (χ4v) is 1.83. The summed E-state index contributed by atoms with van der Waals surface area (Å²) in [5, 5.41) is 8.79. The van der Waals surface area contributed by atoms with Gasteiger partial charge in [0, 0.05) is 26.3 Å². The zero-order valence-electron chi connectivity index (χ0n) is 13.1. The highest BCUT2D eigenvalue weighted by Crippen LogP contribution is 2.16. The van der Waals surface area contributed by atoms with Gasteiger partial charge in [0.25, 0.3) is 0 Å². The summed E-state index contributed by atoms with van der Waals surface area (Å²) >= 11 is 0. The number of hydrogen-bond donors (Lipinski definition) is 1. The molecule has 0 heterocycles. The van der Waals surface area contributed by atoms with Gasteiger partial charge in [-0.2, -0.15) is 0 Å². The monoisotopic (exact) mass is 289 g/mol. The van der Waals surface area contributed by atoms with Crippen molar-refractivity contribution in [3.63, 3.8) is 0 Å². The predicted molar refractivity (Wildman–Crippen MR) is 82.6 cm³/mol. The molecule has 1 N–H and O–H groups in total. The molecule has 0 aliphatic rings. The quantitative estimate of drug-likeness (QED) is 0.841. The van der Waals surface area contributed by atoms with E-state index in [1.807, 2.05) is 38.1 Å². The SMILES string of the molecule is COC(C)(C)CC(=O)N(C)Cc1ccccc1C#CCO. The molecule has 0 aliphatic carbocycles. The van der Waals surface area contributed by atoms with Gasteiger partial charge in [-0.15, -0.1) is 0 Å². The van der Waals surface area contributed by atoms with Crippen molar-refractivity contribution >= 4 is 5.91 Å². The van der Waals surface area contributed by atoms with E-state index < -0.39 is 5.60 Å². The molecule has 0 bridgehead atoms. The maximum atomic E-state index is 12.2. The Bertz CT molecular complexity index is 540. The Hall–Kier alpha value is -1.83. The van der Waals surface area contributed by atoms with Crippen molar-refractivity contribution in [3.8, 4) is 11.8 Å². The highest BCUT2D eigenvalue weighted by molar-refractivity contribution is 5.77. The summed E-state index contributed by atoms with van der Waals surface area (Å²) in [7, 11) is 3.37. The van der Waals surface area contributed by atoms with Crippen molar-refractivity contribution in [2.75, 3.05) is 20.8 Å². The number of carbonyl (C=O) groups excluding carboxylic acids is 1. The van der Waals surface area contributed by atoms with Gasteiger partial charge in [0.1, 0.15) is 6.61 Å². The van der Waals surface area contributed by atoms with Gasteiger partial charge in [0.05, 0.1) is 12.0 Å². The van der Waals surface area contributed by atoms with Crippen molar-refractivity contribution in [2.45, 2.75) is 32.4 Å². The second-order valence-corrected chi connectivity index (χ2v) is 5.51. The first-order valence-electron chi connectivity index (χ1n) is 6.86. The third-order valence-corrected chi connectivity index (χ3v) is 3.28. The highest BCUT2D eigenvalue weighted by Gasteiger charge is 2.23. The lowest BCUT2D eigenvalue weighted by Crippen LogP contribution is -2.34. The van der Waals surface area contributed by atoms with Crippen molar-refractivity contribution in [2.24, 2.45) is 0 Å². The largest absolute Gasteiger partial charge is 0.384 e. The standard InChI is InChI=1S/C17H23NO3/c1-17(2,21-4)12-16(20)18(3)13-15-9-6-5-8-14(15)10-7-11-19/h5-6,8-9,19H,11-13H2,1-4H3. The number of aliphatic hydroxyl groups is 1. The summed E-state index contributed by atoms with van der Waals surface area (Å²) in [6.45, 7) is 4.08. The first kappa shape index (κ1) is 17.2. The third-order valence-electron chi connectivity index (χ3n) is 3.28. The van der Waals surface area contributed by atoms with Crippen LogP contribution in [-0.4, -0.2) is 42.3 Å². The molecule has 114 valence electrons. The van der Waals surface area contributed by atoms with Gasteiger partial charge in [-0.3, -0.25) is 4.79 Å². The van der Waals surface area contributed by atoms with E-state index in [4.69, 9.17) is 9.84 Å². The van der Waals surface area contributed by atoms with Crippen LogP contribution in [0.25, 0.3) is 0 Å². The van der Waals surface area contributed by atoms with Crippen LogP contribution in [0.15, 0.2) is 24.3 Å². The maximum Gasteiger partial charge on any atom is 0.225 e. The maximum absolute atomic E-state index is 12.2. The lowest BCUT2D eigenvalue weighted by Gasteiger charge is -2.26. The van der Waals surface area contributed by atoms with Crippen LogP contribution < -0.4 is 0 Å². The summed E-state index contributed by atoms with van der Waals surface area (Å²) in [4.78, 5) is 13.9. The lowest BCUT2D eigenvalue weighted by molar-refractivity contribution is -0.135. The number of ether oxygens (including phenoxy) is 1. The molecule has 0 saturated heterocycles. The summed E-state index contributed by atoms with van der Waals surface area (Å²) in [5.41, 5.74) is 1.32. The fraction of sp³-hybridized carbons (Fsp3) is 0.471. The minimum Gasteiger partial charge on any atom is -0.384 e. The zero-order chi connectivity index (χ0) is 15.9. The highest BCUT2D eigenvalue weighted by atomic mass is 16.5. The Morgan fingerprint density at radius 3 is 2.67 bits per heavy atom. The molecule has 0 spiro atoms. The third kappa shape index (κ3) is 5.58. The van der Waals surface area contributed by atoms with E-state index >= 15 is 0 Å². The summed E-state index contributed by atoms with van der Waals surface area (Å²) in [6, 6.07) is 7.62. The van der Waals surface area contributed by atoms with E-state index in [0.29, 0.717) is 13.0 Å². The molecule has 1 aromatic rings. The van der Waals surface area contributed by atoms with E-state index in [1.165, 1.54) is 0 Å². The van der Waals surface area contributed by atoms with Gasteiger partial charge in [-0.25, -0.2) is 0 Å². The van der Waals surface area contributed by atoms with E-state index in [0.717, 1.165) is 11.1 Å². The van der Waals surface area contributed by atoms with Gasteiger partial charge < -0.3 is 14.7 Å². The molecule has 0 atom stereocenters. The van der Waals surface area contributed by atoms with Crippen LogP contribution in [0.4, 0.5) is 0 Å². The van der Waals surface area contributed by atoms with Crippen molar-refractivity contribution in [1.82, 2.24) is 4.90 Å². The van der Waals surface area contributed by atoms with Gasteiger partial charge in [0.15, 0.2) is 0 Å². The molecule has 0 radical (unpaired) electrons. The van der Waals surface area contributed by atoms with Crippen LogP contribution >= 0.6 is 0 Å². The van der Waals surface area contributed by atoms with Crippen LogP contribution in [0.5, 0.6) is 0 Å². The number of amides is 1. The second kappa shape index (κ2) is 7.82. The average molecular weight is 289 g/mol. The zero-order valence-corrected chi connectivity index (χ0v) is 13.1. The van der Waals surface area contributed by atoms with E-state index in [1.54, 1.807) is 19.1 Å². The minimum atomic E-state index is -0.471. The number of carbonyl (C=O) groups is 1. The van der Waals surface area contributed by atoms with E-state index in [2.05, 4.69) is 11.8 Å². The molecule has 0 aliphatic heterocycles. The Labute approximate surface area is 126 Å². The smallest absolute Gasteiger partial charge is 0.225 e. The van der Waals surface area contributed by atoms with Crippen LogP contribution in [0, 0.1) is 11.8 Å². The number of benzene rings is 1. The molecule has 21 heavy (non-hydrogen) atoms. The molecular weight excluding hydrogens is 266 g/mol. The summed E-state index contributed by atoms with van der Waals surface area (Å²) in [5.74, 6) is 5.56. The molecular formula is C17H23NO3. The molecule has 1 aromatic carbocycles. The second-order valence-electron chi connectivity index (χ2n) is 5.51. The van der Waals surface area contributed by atoms with Gasteiger partial charge in [-0.1, -0.05) is 30.0 Å². The Morgan fingerprint density at radius 2 is 2.05 bits per heavy atom. The lowest BCUT2D eigenvalue weighted by atomic mass is 10.0. The van der Waals surface area contributed by atoms with E-state index in [9.17, 15) is 4.79 Å². The molecule has 0 aromatic heterocycles. The van der Waals surface area contributed by atoms with Gasteiger partial charge in [0.2, 0.25) is 5.91 Å². The number of methoxy groups -OCH3 is 1. The number of aliphatic hydroxyl groups excluding tert-OH is 1. The van der Waals surface area contributed by atoms with Gasteiger partial charge in [-0.05, 0) is 25.5 Å². The number of rotatable bonds is 5. The minimum absolute atomic E-state index is 0.0202. The molecule has 1 rings (SSSR count). The number of hydrogen-bond acceptors (Lipinski definition) is 3. The summed E-state index contributed by atoms with van der Waals surface area (Å²) in [6.07, 6.45) is 0.324. The summed E-state index contributed by atoms with van der Waals surface area (Å²) < 4.78 is 5.29. The Morgan fingerprint density at radius 1 is 1.38 bits per heavy atom. The topological polar surface area (TPSA) is 49.8 Å². The fourth-order valence-electron chi connectivity index (χ4n) is 1.83. The Balaban J connectivity index is 2.79. The van der Waals surface area contributed by atoms with Crippen LogP contribution in [0.3, 0.4) is 0 Å². The van der Waals surface area contributed by atoms with Crippen molar-refractivity contribution in [3.05, 3.63) is 35.4 Å². The first-order chi connectivity index (χ1) is 9.89.